The smallest absolute Gasteiger partial charge is 0.258 e. The van der Waals surface area contributed by atoms with Gasteiger partial charge in [0, 0.05) is 16.6 Å². The average Bonchev–Trinajstić information content (AvgIpc) is 2.89. The molecular formula is C14H18BrN3O2. The van der Waals surface area contributed by atoms with Gasteiger partial charge >= 0.3 is 0 Å². The lowest BCUT2D eigenvalue weighted by Gasteiger charge is -2.19. The van der Waals surface area contributed by atoms with Gasteiger partial charge in [0.05, 0.1) is 6.61 Å². The topological polar surface area (TPSA) is 74.2 Å². The van der Waals surface area contributed by atoms with Crippen LogP contribution >= 0.6 is 15.9 Å². The van der Waals surface area contributed by atoms with E-state index in [0.717, 1.165) is 16.5 Å². The predicted molar refractivity (Wildman–Crippen MR) is 80.1 cm³/mol. The maximum atomic E-state index is 6.18. The van der Waals surface area contributed by atoms with Crippen LogP contribution < -0.4 is 5.73 Å². The fourth-order valence-electron chi connectivity index (χ4n) is 1.69. The summed E-state index contributed by atoms with van der Waals surface area (Å²) >= 11 is 3.41. The molecule has 108 valence electrons. The van der Waals surface area contributed by atoms with Crippen molar-refractivity contribution >= 4 is 15.9 Å². The van der Waals surface area contributed by atoms with Gasteiger partial charge in [-0.1, -0.05) is 34.1 Å². The number of aromatic nitrogens is 2. The van der Waals surface area contributed by atoms with Crippen molar-refractivity contribution in [3.8, 4) is 11.5 Å². The van der Waals surface area contributed by atoms with Gasteiger partial charge in [-0.2, -0.15) is 4.98 Å². The number of benzene rings is 1. The molecule has 2 N–H and O–H groups in total. The Labute approximate surface area is 126 Å². The molecule has 2 aromatic rings. The average molecular weight is 340 g/mol. The van der Waals surface area contributed by atoms with E-state index in [2.05, 4.69) is 26.1 Å². The first kappa shape index (κ1) is 15.2. The molecule has 6 heteroatoms. The summed E-state index contributed by atoms with van der Waals surface area (Å²) in [4.78, 5) is 4.37. The Bertz CT molecular complexity index is 569. The maximum Gasteiger partial charge on any atom is 0.258 e. The minimum absolute atomic E-state index is 0.359. The highest BCUT2D eigenvalue weighted by molar-refractivity contribution is 9.10. The van der Waals surface area contributed by atoms with E-state index >= 15 is 0 Å². The third-order valence-corrected chi connectivity index (χ3v) is 3.25. The van der Waals surface area contributed by atoms with E-state index in [1.165, 1.54) is 0 Å². The molecule has 0 saturated heterocycles. The Hall–Kier alpha value is -1.24. The van der Waals surface area contributed by atoms with Crippen LogP contribution in [0.15, 0.2) is 33.3 Å². The number of nitrogens with zero attached hydrogens (tertiary/aromatic N) is 2. The Morgan fingerprint density at radius 2 is 2.25 bits per heavy atom. The molecule has 1 aromatic heterocycles. The molecule has 5 nitrogen and oxygen atoms in total. The standard InChI is InChI=1S/C14H18BrN3O2/c1-3-7-19-9-14(2,16)13-17-12(20-18-13)10-5-4-6-11(15)8-10/h4-6,8H,3,7,9,16H2,1-2H3. The number of rotatable bonds is 6. The molecular weight excluding hydrogens is 322 g/mol. The number of halogens is 1. The molecule has 1 aromatic carbocycles. The van der Waals surface area contributed by atoms with Crippen molar-refractivity contribution in [1.29, 1.82) is 0 Å². The fourth-order valence-corrected chi connectivity index (χ4v) is 2.09. The van der Waals surface area contributed by atoms with Gasteiger partial charge in [-0.3, -0.25) is 0 Å². The lowest BCUT2D eigenvalue weighted by atomic mass is 10.1. The molecule has 0 amide bonds. The number of hydrogen-bond donors (Lipinski definition) is 1. The SMILES string of the molecule is CCCOCC(C)(N)c1noc(-c2cccc(Br)c2)n1. The van der Waals surface area contributed by atoms with Crippen molar-refractivity contribution in [2.45, 2.75) is 25.8 Å². The molecule has 0 radical (unpaired) electrons. The molecule has 0 aliphatic rings. The highest BCUT2D eigenvalue weighted by Crippen LogP contribution is 2.24. The summed E-state index contributed by atoms with van der Waals surface area (Å²) in [7, 11) is 0. The maximum absolute atomic E-state index is 6.18. The number of ether oxygens (including phenoxy) is 1. The molecule has 0 spiro atoms. The van der Waals surface area contributed by atoms with E-state index in [-0.39, 0.29) is 0 Å². The summed E-state index contributed by atoms with van der Waals surface area (Å²) in [5.74, 6) is 0.900. The van der Waals surface area contributed by atoms with Crippen molar-refractivity contribution in [1.82, 2.24) is 10.1 Å². The second-order valence-electron chi connectivity index (χ2n) is 4.90. The summed E-state index contributed by atoms with van der Waals surface area (Å²) < 4.78 is 11.7. The summed E-state index contributed by atoms with van der Waals surface area (Å²) in [6.45, 7) is 4.91. The van der Waals surface area contributed by atoms with E-state index in [4.69, 9.17) is 15.0 Å². The largest absolute Gasteiger partial charge is 0.379 e. The van der Waals surface area contributed by atoms with E-state index in [0.29, 0.717) is 24.9 Å². The lowest BCUT2D eigenvalue weighted by Crippen LogP contribution is -2.39. The van der Waals surface area contributed by atoms with Gasteiger partial charge in [0.25, 0.3) is 5.89 Å². The first-order chi connectivity index (χ1) is 9.53. The Morgan fingerprint density at radius 3 is 2.95 bits per heavy atom. The second-order valence-corrected chi connectivity index (χ2v) is 5.82. The van der Waals surface area contributed by atoms with Crippen LogP contribution in [0.5, 0.6) is 0 Å². The van der Waals surface area contributed by atoms with Crippen LogP contribution in [0.1, 0.15) is 26.1 Å². The van der Waals surface area contributed by atoms with Crippen molar-refractivity contribution < 1.29 is 9.26 Å². The van der Waals surface area contributed by atoms with E-state index in [1.807, 2.05) is 38.1 Å². The van der Waals surface area contributed by atoms with Gasteiger partial charge in [-0.15, -0.1) is 0 Å². The minimum Gasteiger partial charge on any atom is -0.379 e. The quantitative estimate of drug-likeness (QED) is 0.818. The molecule has 0 aliphatic carbocycles. The van der Waals surface area contributed by atoms with E-state index < -0.39 is 5.54 Å². The highest BCUT2D eigenvalue weighted by atomic mass is 79.9. The number of nitrogens with two attached hydrogens (primary N) is 1. The fraction of sp³-hybridized carbons (Fsp3) is 0.429. The molecule has 1 atom stereocenters. The summed E-state index contributed by atoms with van der Waals surface area (Å²) in [6.07, 6.45) is 0.950. The van der Waals surface area contributed by atoms with Crippen molar-refractivity contribution in [3.63, 3.8) is 0 Å². The first-order valence-corrected chi connectivity index (χ1v) is 7.29. The zero-order valence-electron chi connectivity index (χ0n) is 11.6. The Morgan fingerprint density at radius 1 is 1.45 bits per heavy atom. The van der Waals surface area contributed by atoms with E-state index in [9.17, 15) is 0 Å². The lowest BCUT2D eigenvalue weighted by molar-refractivity contribution is 0.0867. The Kier molecular flexibility index (Phi) is 4.91. The van der Waals surface area contributed by atoms with Crippen LogP contribution in [0.2, 0.25) is 0 Å². The Balaban J connectivity index is 2.16. The minimum atomic E-state index is -0.761. The normalized spacial score (nSPS) is 14.2. The van der Waals surface area contributed by atoms with Gasteiger partial charge in [0.15, 0.2) is 5.82 Å². The summed E-state index contributed by atoms with van der Waals surface area (Å²) in [5.41, 5.74) is 6.27. The van der Waals surface area contributed by atoms with Crippen LogP contribution in [0, 0.1) is 0 Å². The summed E-state index contributed by atoms with van der Waals surface area (Å²) in [5, 5.41) is 3.97. The third-order valence-electron chi connectivity index (χ3n) is 2.76. The molecule has 20 heavy (non-hydrogen) atoms. The number of hydrogen-bond acceptors (Lipinski definition) is 5. The monoisotopic (exact) mass is 339 g/mol. The van der Waals surface area contributed by atoms with Crippen molar-refractivity contribution in [3.05, 3.63) is 34.6 Å². The molecule has 1 heterocycles. The van der Waals surface area contributed by atoms with Crippen LogP contribution in [0.25, 0.3) is 11.5 Å². The van der Waals surface area contributed by atoms with Gasteiger partial charge in [-0.25, -0.2) is 0 Å². The van der Waals surface area contributed by atoms with Crippen molar-refractivity contribution in [2.75, 3.05) is 13.2 Å². The van der Waals surface area contributed by atoms with Gasteiger partial charge < -0.3 is 15.0 Å². The van der Waals surface area contributed by atoms with Crippen LogP contribution in [-0.2, 0) is 10.3 Å². The van der Waals surface area contributed by atoms with Crippen LogP contribution in [0.4, 0.5) is 0 Å². The van der Waals surface area contributed by atoms with Gasteiger partial charge in [0.1, 0.15) is 5.54 Å². The van der Waals surface area contributed by atoms with Crippen LogP contribution in [0.3, 0.4) is 0 Å². The molecule has 0 aliphatic heterocycles. The van der Waals surface area contributed by atoms with Gasteiger partial charge in [0.2, 0.25) is 0 Å². The zero-order valence-corrected chi connectivity index (χ0v) is 13.2. The van der Waals surface area contributed by atoms with E-state index in [1.54, 1.807) is 0 Å². The third kappa shape index (κ3) is 3.65. The zero-order chi connectivity index (χ0) is 14.6. The van der Waals surface area contributed by atoms with Crippen molar-refractivity contribution in [2.24, 2.45) is 5.73 Å². The molecule has 2 rings (SSSR count). The highest BCUT2D eigenvalue weighted by Gasteiger charge is 2.28. The van der Waals surface area contributed by atoms with Gasteiger partial charge in [-0.05, 0) is 31.5 Å². The summed E-state index contributed by atoms with van der Waals surface area (Å²) in [6, 6.07) is 7.67. The molecule has 0 fully saturated rings. The predicted octanol–water partition coefficient (Wildman–Crippen LogP) is 3.10. The molecule has 0 saturated carbocycles. The van der Waals surface area contributed by atoms with Crippen LogP contribution in [-0.4, -0.2) is 23.4 Å². The second kappa shape index (κ2) is 6.47. The molecule has 1 unspecified atom stereocenters. The molecule has 0 bridgehead atoms. The first-order valence-electron chi connectivity index (χ1n) is 6.49.